The minimum Gasteiger partial charge on any atom is -0.497 e. The van der Waals surface area contributed by atoms with Crippen LogP contribution in [0.15, 0.2) is 47.3 Å². The molecule has 0 bridgehead atoms. The van der Waals surface area contributed by atoms with E-state index in [1.54, 1.807) is 30.2 Å². The SMILES string of the molecule is COc1ccc(Cc2nc3c(c(=O)[nH]2)CN(C(=O)Nc2ccc(Cl)cc2Cl)CC3)cc1. The molecule has 1 aliphatic rings. The number of rotatable bonds is 4. The van der Waals surface area contributed by atoms with Gasteiger partial charge in [0.2, 0.25) is 0 Å². The lowest BCUT2D eigenvalue weighted by Crippen LogP contribution is -2.42. The highest BCUT2D eigenvalue weighted by atomic mass is 35.5. The van der Waals surface area contributed by atoms with E-state index in [9.17, 15) is 9.59 Å². The number of aromatic nitrogens is 2. The number of halogens is 2. The van der Waals surface area contributed by atoms with Crippen LogP contribution in [0.3, 0.4) is 0 Å². The van der Waals surface area contributed by atoms with Crippen molar-refractivity contribution < 1.29 is 9.53 Å². The highest BCUT2D eigenvalue weighted by molar-refractivity contribution is 6.36. The molecule has 0 fully saturated rings. The molecule has 3 aromatic rings. The van der Waals surface area contributed by atoms with Crippen LogP contribution in [0.1, 0.15) is 22.6 Å². The molecule has 1 aromatic heterocycles. The van der Waals surface area contributed by atoms with Gasteiger partial charge in [-0.3, -0.25) is 4.79 Å². The van der Waals surface area contributed by atoms with Gasteiger partial charge < -0.3 is 19.9 Å². The standard InChI is InChI=1S/C22H20Cl2N4O3/c1-31-15-5-2-13(3-6-15)10-20-25-18-8-9-28(12-16(18)21(29)27-20)22(30)26-19-7-4-14(23)11-17(19)24/h2-7,11H,8-10,12H2,1H3,(H,26,30)(H,25,27,29). The van der Waals surface area contributed by atoms with Crippen molar-refractivity contribution in [3.05, 3.63) is 85.5 Å². The van der Waals surface area contributed by atoms with Crippen LogP contribution in [0.25, 0.3) is 0 Å². The molecule has 31 heavy (non-hydrogen) atoms. The summed E-state index contributed by atoms with van der Waals surface area (Å²) < 4.78 is 5.17. The summed E-state index contributed by atoms with van der Waals surface area (Å²) >= 11 is 12.0. The number of anilines is 1. The fraction of sp³-hybridized carbons (Fsp3) is 0.227. The number of hydrogen-bond donors (Lipinski definition) is 2. The Bertz CT molecular complexity index is 1180. The Hall–Kier alpha value is -3.03. The Labute approximate surface area is 189 Å². The summed E-state index contributed by atoms with van der Waals surface area (Å²) in [6.07, 6.45) is 1.00. The van der Waals surface area contributed by atoms with Crippen LogP contribution in [0, 0.1) is 0 Å². The van der Waals surface area contributed by atoms with Crippen molar-refractivity contribution in [3.63, 3.8) is 0 Å². The summed E-state index contributed by atoms with van der Waals surface area (Å²) in [4.78, 5) is 34.4. The van der Waals surface area contributed by atoms with Gasteiger partial charge >= 0.3 is 6.03 Å². The molecule has 2 amide bonds. The van der Waals surface area contributed by atoms with Crippen molar-refractivity contribution in [2.75, 3.05) is 19.0 Å². The Balaban J connectivity index is 1.47. The number of urea groups is 1. The third-order valence-electron chi connectivity index (χ3n) is 5.11. The number of aromatic amines is 1. The smallest absolute Gasteiger partial charge is 0.322 e. The summed E-state index contributed by atoms with van der Waals surface area (Å²) in [5.41, 5.74) is 2.47. The van der Waals surface area contributed by atoms with E-state index in [4.69, 9.17) is 27.9 Å². The highest BCUT2D eigenvalue weighted by Gasteiger charge is 2.25. The number of methoxy groups -OCH3 is 1. The Morgan fingerprint density at radius 1 is 1.23 bits per heavy atom. The molecular weight excluding hydrogens is 439 g/mol. The van der Waals surface area contributed by atoms with Crippen LogP contribution in [0.4, 0.5) is 10.5 Å². The van der Waals surface area contributed by atoms with Crippen molar-refractivity contribution in [1.82, 2.24) is 14.9 Å². The number of carbonyl (C=O) groups excluding carboxylic acids is 1. The van der Waals surface area contributed by atoms with Gasteiger partial charge in [-0.25, -0.2) is 9.78 Å². The Morgan fingerprint density at radius 3 is 2.71 bits per heavy atom. The zero-order chi connectivity index (χ0) is 22.0. The predicted molar refractivity (Wildman–Crippen MR) is 120 cm³/mol. The number of benzene rings is 2. The van der Waals surface area contributed by atoms with Crippen LogP contribution < -0.4 is 15.6 Å². The molecule has 2 heterocycles. The van der Waals surface area contributed by atoms with Gasteiger partial charge in [0.1, 0.15) is 11.6 Å². The number of ether oxygens (including phenoxy) is 1. The lowest BCUT2D eigenvalue weighted by molar-refractivity contribution is 0.205. The predicted octanol–water partition coefficient (Wildman–Crippen LogP) is 4.27. The van der Waals surface area contributed by atoms with E-state index < -0.39 is 0 Å². The average molecular weight is 459 g/mol. The summed E-state index contributed by atoms with van der Waals surface area (Å²) in [5.74, 6) is 1.37. The number of carbonyl (C=O) groups is 1. The van der Waals surface area contributed by atoms with Gasteiger partial charge in [-0.05, 0) is 35.9 Å². The Kier molecular flexibility index (Phi) is 6.15. The first-order valence-corrected chi connectivity index (χ1v) is 10.4. The van der Waals surface area contributed by atoms with Gasteiger partial charge in [-0.15, -0.1) is 0 Å². The molecule has 4 rings (SSSR count). The van der Waals surface area contributed by atoms with E-state index in [0.29, 0.717) is 46.5 Å². The largest absolute Gasteiger partial charge is 0.497 e. The third kappa shape index (κ3) is 4.84. The van der Waals surface area contributed by atoms with E-state index in [0.717, 1.165) is 17.0 Å². The van der Waals surface area contributed by atoms with Gasteiger partial charge in [-0.1, -0.05) is 35.3 Å². The second-order valence-electron chi connectivity index (χ2n) is 7.19. The normalized spacial score (nSPS) is 12.9. The molecular formula is C22H20Cl2N4O3. The minimum atomic E-state index is -0.336. The summed E-state index contributed by atoms with van der Waals surface area (Å²) in [6, 6.07) is 12.1. The Morgan fingerprint density at radius 2 is 2.00 bits per heavy atom. The summed E-state index contributed by atoms with van der Waals surface area (Å²) in [6.45, 7) is 0.625. The minimum absolute atomic E-state index is 0.178. The van der Waals surface area contributed by atoms with Crippen LogP contribution in [0.2, 0.25) is 10.0 Å². The second-order valence-corrected chi connectivity index (χ2v) is 8.03. The first kappa shape index (κ1) is 21.2. The second kappa shape index (κ2) is 8.99. The summed E-state index contributed by atoms with van der Waals surface area (Å²) in [7, 11) is 1.62. The van der Waals surface area contributed by atoms with Crippen molar-refractivity contribution in [2.45, 2.75) is 19.4 Å². The van der Waals surface area contributed by atoms with Crippen LogP contribution in [-0.2, 0) is 19.4 Å². The average Bonchev–Trinajstić information content (AvgIpc) is 2.76. The molecule has 1 aliphatic heterocycles. The van der Waals surface area contributed by atoms with Gasteiger partial charge in [0.15, 0.2) is 0 Å². The molecule has 0 radical (unpaired) electrons. The first-order valence-electron chi connectivity index (χ1n) is 9.68. The zero-order valence-corrected chi connectivity index (χ0v) is 18.3. The van der Waals surface area contributed by atoms with Gasteiger partial charge in [0.05, 0.1) is 35.6 Å². The zero-order valence-electron chi connectivity index (χ0n) is 16.7. The van der Waals surface area contributed by atoms with Crippen LogP contribution in [-0.4, -0.2) is 34.6 Å². The van der Waals surface area contributed by atoms with Crippen LogP contribution in [0.5, 0.6) is 5.75 Å². The monoisotopic (exact) mass is 458 g/mol. The van der Waals surface area contributed by atoms with Crippen molar-refractivity contribution in [2.24, 2.45) is 0 Å². The maximum absolute atomic E-state index is 12.7. The highest BCUT2D eigenvalue weighted by Crippen LogP contribution is 2.26. The quantitative estimate of drug-likeness (QED) is 0.610. The molecule has 0 saturated carbocycles. The molecule has 160 valence electrons. The first-order chi connectivity index (χ1) is 14.9. The molecule has 0 unspecified atom stereocenters. The van der Waals surface area contributed by atoms with E-state index in [1.807, 2.05) is 24.3 Å². The van der Waals surface area contributed by atoms with Crippen molar-refractivity contribution in [1.29, 1.82) is 0 Å². The number of fused-ring (bicyclic) bond motifs is 1. The lowest BCUT2D eigenvalue weighted by atomic mass is 10.1. The van der Waals surface area contributed by atoms with E-state index >= 15 is 0 Å². The number of nitrogens with zero attached hydrogens (tertiary/aromatic N) is 2. The lowest BCUT2D eigenvalue weighted by Gasteiger charge is -2.28. The summed E-state index contributed by atoms with van der Waals surface area (Å²) in [5, 5.41) is 3.60. The van der Waals surface area contributed by atoms with Crippen LogP contribution >= 0.6 is 23.2 Å². The molecule has 7 nitrogen and oxygen atoms in total. The topological polar surface area (TPSA) is 87.3 Å². The molecule has 2 aromatic carbocycles. The van der Waals surface area contributed by atoms with Crippen molar-refractivity contribution in [3.8, 4) is 5.75 Å². The molecule has 2 N–H and O–H groups in total. The molecule has 0 saturated heterocycles. The van der Waals surface area contributed by atoms with Gasteiger partial charge in [-0.2, -0.15) is 0 Å². The maximum Gasteiger partial charge on any atom is 0.322 e. The fourth-order valence-corrected chi connectivity index (χ4v) is 3.91. The van der Waals surface area contributed by atoms with Gasteiger partial charge in [0, 0.05) is 24.4 Å². The molecule has 0 spiro atoms. The maximum atomic E-state index is 12.7. The number of H-pyrrole nitrogens is 1. The van der Waals surface area contributed by atoms with E-state index in [1.165, 1.54) is 0 Å². The molecule has 9 heteroatoms. The molecule has 0 aliphatic carbocycles. The number of hydrogen-bond acceptors (Lipinski definition) is 4. The number of nitrogens with one attached hydrogen (secondary N) is 2. The molecule has 0 atom stereocenters. The fourth-order valence-electron chi connectivity index (χ4n) is 3.46. The van der Waals surface area contributed by atoms with E-state index in [2.05, 4.69) is 15.3 Å². The van der Waals surface area contributed by atoms with Gasteiger partial charge in [0.25, 0.3) is 5.56 Å². The third-order valence-corrected chi connectivity index (χ3v) is 5.66. The van der Waals surface area contributed by atoms with E-state index in [-0.39, 0.29) is 18.1 Å². The van der Waals surface area contributed by atoms with Crippen molar-refractivity contribution >= 4 is 34.9 Å². The number of amides is 2.